The van der Waals surface area contributed by atoms with Crippen LogP contribution in [0.25, 0.3) is 0 Å². The van der Waals surface area contributed by atoms with Crippen molar-refractivity contribution in [3.05, 3.63) is 35.1 Å². The average molecular weight is 251 g/mol. The number of nitrogens with two attached hydrogens (primary N) is 1. The molecule has 1 fully saturated rings. The fourth-order valence-corrected chi connectivity index (χ4v) is 2.44. The Morgan fingerprint density at radius 3 is 3.00 bits per heavy atom. The van der Waals surface area contributed by atoms with Crippen molar-refractivity contribution in [3.63, 3.8) is 0 Å². The fraction of sp³-hybridized carbons (Fsp3) is 0.462. The number of halogens is 1. The van der Waals surface area contributed by atoms with Gasteiger partial charge in [0, 0.05) is 18.2 Å². The maximum Gasteiger partial charge on any atom is 0.138 e. The molecule has 1 aliphatic rings. The molecular weight excluding hydrogens is 233 g/mol. The Bertz CT molecular complexity index is 450. The minimum atomic E-state index is -0.423. The van der Waals surface area contributed by atoms with Crippen LogP contribution < -0.4 is 5.73 Å². The van der Waals surface area contributed by atoms with Crippen LogP contribution in [0, 0.1) is 11.2 Å². The van der Waals surface area contributed by atoms with Crippen molar-refractivity contribution in [2.75, 3.05) is 13.2 Å². The van der Waals surface area contributed by atoms with Gasteiger partial charge in [0.15, 0.2) is 0 Å². The van der Waals surface area contributed by atoms with Crippen LogP contribution in [0.1, 0.15) is 24.0 Å². The third-order valence-corrected chi connectivity index (χ3v) is 3.45. The lowest BCUT2D eigenvalue weighted by atomic mass is 10.1. The number of rotatable bonds is 4. The second-order valence-corrected chi connectivity index (χ2v) is 4.64. The van der Waals surface area contributed by atoms with E-state index in [0.29, 0.717) is 12.1 Å². The number of nitrogen functional groups attached to an aromatic ring is 1. The highest BCUT2D eigenvalue weighted by atomic mass is 19.1. The average Bonchev–Trinajstić information content (AvgIpc) is 2.78. The summed E-state index contributed by atoms with van der Waals surface area (Å²) in [4.78, 5) is 2.07. The van der Waals surface area contributed by atoms with Crippen LogP contribution >= 0.6 is 0 Å². The van der Waals surface area contributed by atoms with Gasteiger partial charge in [-0.2, -0.15) is 0 Å². The van der Waals surface area contributed by atoms with E-state index in [9.17, 15) is 9.50 Å². The molecule has 2 rings (SSSR count). The molecule has 4 nitrogen and oxygen atoms in total. The second kappa shape index (κ2) is 5.46. The molecule has 4 N–H and O–H groups in total. The molecule has 0 radical (unpaired) electrons. The Labute approximate surface area is 106 Å². The zero-order valence-corrected chi connectivity index (χ0v) is 10.2. The van der Waals surface area contributed by atoms with Gasteiger partial charge in [0.1, 0.15) is 11.7 Å². The lowest BCUT2D eigenvalue weighted by molar-refractivity contribution is 0.152. The normalized spacial score (nSPS) is 20.2. The summed E-state index contributed by atoms with van der Waals surface area (Å²) in [5.74, 6) is -0.678. The number of aliphatic hydroxyl groups excluding tert-OH is 1. The van der Waals surface area contributed by atoms with Crippen LogP contribution in [-0.2, 0) is 6.54 Å². The molecule has 1 aromatic rings. The maximum atomic E-state index is 14.1. The lowest BCUT2D eigenvalue weighted by Crippen LogP contribution is -2.32. The zero-order chi connectivity index (χ0) is 13.1. The number of nitrogens with zero attached hydrogens (tertiary/aromatic N) is 1. The van der Waals surface area contributed by atoms with E-state index in [1.165, 1.54) is 6.07 Å². The van der Waals surface area contributed by atoms with E-state index in [1.807, 2.05) is 0 Å². The molecule has 5 heteroatoms. The van der Waals surface area contributed by atoms with Crippen molar-refractivity contribution in [1.29, 1.82) is 5.41 Å². The van der Waals surface area contributed by atoms with Gasteiger partial charge in [-0.3, -0.25) is 10.3 Å². The van der Waals surface area contributed by atoms with Gasteiger partial charge in [-0.15, -0.1) is 0 Å². The minimum Gasteiger partial charge on any atom is -0.395 e. The van der Waals surface area contributed by atoms with Gasteiger partial charge in [-0.1, -0.05) is 12.1 Å². The highest BCUT2D eigenvalue weighted by Crippen LogP contribution is 2.22. The molecule has 0 saturated carbocycles. The van der Waals surface area contributed by atoms with E-state index in [-0.39, 0.29) is 24.0 Å². The Morgan fingerprint density at radius 1 is 1.56 bits per heavy atom. The standard InChI is InChI=1S/C13H18FN3O/c14-12-9(3-1-5-11(12)13(15)16)7-17-6-2-4-10(17)8-18/h1,3,5,10,18H,2,4,6-8H2,(H3,15,16). The molecular formula is C13H18FN3O. The molecule has 1 aliphatic heterocycles. The molecule has 1 heterocycles. The smallest absolute Gasteiger partial charge is 0.138 e. The number of aliphatic hydroxyl groups is 1. The Hall–Kier alpha value is -1.46. The van der Waals surface area contributed by atoms with Crippen LogP contribution in [0.4, 0.5) is 4.39 Å². The van der Waals surface area contributed by atoms with Gasteiger partial charge in [0.05, 0.1) is 12.2 Å². The van der Waals surface area contributed by atoms with Crippen LogP contribution in [-0.4, -0.2) is 35.0 Å². The van der Waals surface area contributed by atoms with E-state index in [0.717, 1.165) is 19.4 Å². The van der Waals surface area contributed by atoms with Crippen LogP contribution in [0.5, 0.6) is 0 Å². The van der Waals surface area contributed by atoms with Crippen LogP contribution in [0.15, 0.2) is 18.2 Å². The van der Waals surface area contributed by atoms with Crippen molar-refractivity contribution >= 4 is 5.84 Å². The van der Waals surface area contributed by atoms with E-state index in [1.54, 1.807) is 12.1 Å². The Kier molecular flexibility index (Phi) is 3.93. The number of amidine groups is 1. The first-order valence-corrected chi connectivity index (χ1v) is 6.10. The van der Waals surface area contributed by atoms with Crippen molar-refractivity contribution < 1.29 is 9.50 Å². The summed E-state index contributed by atoms with van der Waals surface area (Å²) in [5, 5.41) is 16.6. The molecule has 0 aromatic heterocycles. The topological polar surface area (TPSA) is 73.3 Å². The number of nitrogens with one attached hydrogen (secondary N) is 1. The van der Waals surface area contributed by atoms with E-state index >= 15 is 0 Å². The quantitative estimate of drug-likeness (QED) is 0.553. The summed E-state index contributed by atoms with van der Waals surface area (Å²) in [7, 11) is 0. The van der Waals surface area contributed by atoms with E-state index in [4.69, 9.17) is 11.1 Å². The number of hydrogen-bond acceptors (Lipinski definition) is 3. The SMILES string of the molecule is N=C(N)c1cccc(CN2CCCC2CO)c1F. The zero-order valence-electron chi connectivity index (χ0n) is 10.2. The first-order chi connectivity index (χ1) is 8.63. The first kappa shape index (κ1) is 13.0. The van der Waals surface area contributed by atoms with E-state index in [2.05, 4.69) is 4.90 Å². The second-order valence-electron chi connectivity index (χ2n) is 4.64. The molecule has 18 heavy (non-hydrogen) atoms. The van der Waals surface area contributed by atoms with Gasteiger partial charge >= 0.3 is 0 Å². The Morgan fingerprint density at radius 2 is 2.33 bits per heavy atom. The number of hydrogen-bond donors (Lipinski definition) is 3. The monoisotopic (exact) mass is 251 g/mol. The first-order valence-electron chi connectivity index (χ1n) is 6.10. The van der Waals surface area contributed by atoms with Gasteiger partial charge in [-0.25, -0.2) is 4.39 Å². The summed E-state index contributed by atoms with van der Waals surface area (Å²) in [6.07, 6.45) is 1.98. The van der Waals surface area contributed by atoms with Crippen molar-refractivity contribution in [3.8, 4) is 0 Å². The van der Waals surface area contributed by atoms with Gasteiger partial charge in [0.2, 0.25) is 0 Å². The van der Waals surface area contributed by atoms with Crippen LogP contribution in [0.2, 0.25) is 0 Å². The third kappa shape index (κ3) is 2.52. The molecule has 0 bridgehead atoms. The maximum absolute atomic E-state index is 14.1. The molecule has 1 aromatic carbocycles. The molecule has 0 aliphatic carbocycles. The minimum absolute atomic E-state index is 0.105. The summed E-state index contributed by atoms with van der Waals surface area (Å²) in [6, 6.07) is 5.04. The molecule has 1 atom stereocenters. The van der Waals surface area contributed by atoms with Crippen molar-refractivity contribution in [2.45, 2.75) is 25.4 Å². The number of benzene rings is 1. The van der Waals surface area contributed by atoms with Crippen LogP contribution in [0.3, 0.4) is 0 Å². The highest BCUT2D eigenvalue weighted by molar-refractivity contribution is 5.95. The molecule has 1 saturated heterocycles. The van der Waals surface area contributed by atoms with Gasteiger partial charge in [0.25, 0.3) is 0 Å². The molecule has 0 spiro atoms. The molecule has 0 amide bonds. The fourth-order valence-electron chi connectivity index (χ4n) is 2.44. The number of likely N-dealkylation sites (tertiary alicyclic amines) is 1. The lowest BCUT2D eigenvalue weighted by Gasteiger charge is -2.23. The van der Waals surface area contributed by atoms with E-state index < -0.39 is 5.82 Å². The van der Waals surface area contributed by atoms with Crippen molar-refractivity contribution in [1.82, 2.24) is 4.90 Å². The Balaban J connectivity index is 2.19. The van der Waals surface area contributed by atoms with Gasteiger partial charge < -0.3 is 10.8 Å². The predicted octanol–water partition coefficient (Wildman–Crippen LogP) is 1.07. The van der Waals surface area contributed by atoms with Gasteiger partial charge in [-0.05, 0) is 25.5 Å². The third-order valence-electron chi connectivity index (χ3n) is 3.45. The predicted molar refractivity (Wildman–Crippen MR) is 67.9 cm³/mol. The summed E-state index contributed by atoms with van der Waals surface area (Å²) >= 11 is 0. The molecule has 1 unspecified atom stereocenters. The summed E-state index contributed by atoms with van der Waals surface area (Å²) in [5.41, 5.74) is 6.01. The summed E-state index contributed by atoms with van der Waals surface area (Å²) in [6.45, 7) is 1.43. The highest BCUT2D eigenvalue weighted by Gasteiger charge is 2.24. The van der Waals surface area contributed by atoms with Crippen molar-refractivity contribution in [2.24, 2.45) is 5.73 Å². The largest absolute Gasteiger partial charge is 0.395 e. The summed E-state index contributed by atoms with van der Waals surface area (Å²) < 4.78 is 14.1. The molecule has 98 valence electrons.